The number of hydrogen-bond donors (Lipinski definition) is 2. The van der Waals surface area contributed by atoms with Crippen molar-refractivity contribution in [2.24, 2.45) is 5.84 Å². The molecule has 0 spiro atoms. The van der Waals surface area contributed by atoms with Crippen LogP contribution in [0.5, 0.6) is 0 Å². The Hall–Kier alpha value is -1.70. The lowest BCUT2D eigenvalue weighted by Crippen LogP contribution is -2.30. The van der Waals surface area contributed by atoms with E-state index in [2.05, 4.69) is 35.4 Å². The minimum Gasteiger partial charge on any atom is -0.359 e. The van der Waals surface area contributed by atoms with Crippen LogP contribution < -0.4 is 11.3 Å². The molecule has 0 aliphatic carbocycles. The van der Waals surface area contributed by atoms with Gasteiger partial charge >= 0.3 is 0 Å². The van der Waals surface area contributed by atoms with Crippen molar-refractivity contribution in [1.82, 2.24) is 15.5 Å². The minimum atomic E-state index is -0.450. The molecule has 2 aromatic heterocycles. The van der Waals surface area contributed by atoms with Crippen LogP contribution in [0.3, 0.4) is 0 Å². The minimum absolute atomic E-state index is 0.197. The van der Waals surface area contributed by atoms with Crippen LogP contribution in [0.15, 0.2) is 28.1 Å². The van der Waals surface area contributed by atoms with Crippen LogP contribution in [0, 0.1) is 0 Å². The van der Waals surface area contributed by atoms with E-state index in [9.17, 15) is 4.79 Å². The van der Waals surface area contributed by atoms with Crippen molar-refractivity contribution < 1.29 is 9.32 Å². The molecule has 0 aromatic carbocycles. The van der Waals surface area contributed by atoms with Gasteiger partial charge in [-0.25, -0.2) is 5.84 Å². The Balaban J connectivity index is 2.04. The molecule has 20 heavy (non-hydrogen) atoms. The molecule has 2 heterocycles. The van der Waals surface area contributed by atoms with Gasteiger partial charge in [-0.15, -0.1) is 11.3 Å². The predicted molar refractivity (Wildman–Crippen MR) is 76.9 cm³/mol. The second-order valence-corrected chi connectivity index (χ2v) is 5.76. The van der Waals surface area contributed by atoms with E-state index in [4.69, 9.17) is 10.4 Å². The summed E-state index contributed by atoms with van der Waals surface area (Å²) in [5.74, 6) is 5.26. The fourth-order valence-corrected chi connectivity index (χ4v) is 2.52. The van der Waals surface area contributed by atoms with Crippen LogP contribution in [-0.4, -0.2) is 22.0 Å². The average Bonchev–Trinajstić information content (AvgIpc) is 3.08. The van der Waals surface area contributed by atoms with Gasteiger partial charge in [0, 0.05) is 23.5 Å². The van der Waals surface area contributed by atoms with Gasteiger partial charge in [0.25, 0.3) is 5.91 Å². The number of hydrogen-bond acceptors (Lipinski definition) is 6. The highest BCUT2D eigenvalue weighted by Crippen LogP contribution is 2.17. The Kier molecular flexibility index (Phi) is 4.89. The second kappa shape index (κ2) is 6.65. The first-order valence-electron chi connectivity index (χ1n) is 6.33. The first-order chi connectivity index (χ1) is 9.60. The zero-order chi connectivity index (χ0) is 14.5. The maximum absolute atomic E-state index is 11.3. The maximum Gasteiger partial charge on any atom is 0.287 e. The van der Waals surface area contributed by atoms with E-state index in [0.717, 1.165) is 6.54 Å². The normalized spacial score (nSPS) is 11.2. The van der Waals surface area contributed by atoms with Crippen molar-refractivity contribution in [2.75, 3.05) is 0 Å². The number of nitrogens with zero attached hydrogens (tertiary/aromatic N) is 2. The lowest BCUT2D eigenvalue weighted by molar-refractivity contribution is 0.0944. The van der Waals surface area contributed by atoms with Crippen LogP contribution in [0.1, 0.15) is 35.0 Å². The monoisotopic (exact) mass is 294 g/mol. The summed E-state index contributed by atoms with van der Waals surface area (Å²) in [6, 6.07) is 6.12. The van der Waals surface area contributed by atoms with Crippen LogP contribution >= 0.6 is 11.3 Å². The summed E-state index contributed by atoms with van der Waals surface area (Å²) in [4.78, 5) is 14.9. The fraction of sp³-hybridized carbons (Fsp3) is 0.385. The molecule has 1 amide bonds. The van der Waals surface area contributed by atoms with Crippen molar-refractivity contribution in [2.45, 2.75) is 33.0 Å². The lowest BCUT2D eigenvalue weighted by atomic mass is 10.2. The molecule has 0 saturated heterocycles. The molecule has 0 aliphatic rings. The molecular weight excluding hydrogens is 276 g/mol. The number of amides is 1. The highest BCUT2D eigenvalue weighted by molar-refractivity contribution is 7.09. The smallest absolute Gasteiger partial charge is 0.287 e. The third-order valence-corrected chi connectivity index (χ3v) is 3.81. The molecule has 0 atom stereocenters. The molecule has 0 unspecified atom stereocenters. The summed E-state index contributed by atoms with van der Waals surface area (Å²) in [6.07, 6.45) is 0. The van der Waals surface area contributed by atoms with Crippen molar-refractivity contribution in [3.63, 3.8) is 0 Å². The highest BCUT2D eigenvalue weighted by Gasteiger charge is 2.16. The summed E-state index contributed by atoms with van der Waals surface area (Å²) < 4.78 is 5.18. The number of carbonyl (C=O) groups is 1. The molecule has 0 radical (unpaired) electrons. The van der Waals surface area contributed by atoms with Gasteiger partial charge in [0.1, 0.15) is 0 Å². The van der Waals surface area contributed by atoms with Crippen LogP contribution in [0.25, 0.3) is 0 Å². The van der Waals surface area contributed by atoms with Gasteiger partial charge in [-0.05, 0) is 25.3 Å². The standard InChI is InChI=1S/C13H18N4O2S/c1-9(2)17(8-11-4-3-5-20-11)7-10-6-12(16-19-10)13(18)15-14/h3-6,9H,7-8,14H2,1-2H3,(H,15,18). The summed E-state index contributed by atoms with van der Waals surface area (Å²) in [6.45, 7) is 5.68. The van der Waals surface area contributed by atoms with Crippen molar-refractivity contribution in [3.8, 4) is 0 Å². The van der Waals surface area contributed by atoms with Gasteiger partial charge in [-0.3, -0.25) is 15.1 Å². The number of carbonyl (C=O) groups excluding carboxylic acids is 1. The SMILES string of the molecule is CC(C)N(Cc1cc(C(=O)NN)no1)Cc1cccs1. The molecule has 6 nitrogen and oxygen atoms in total. The predicted octanol–water partition coefficient (Wildman–Crippen LogP) is 1.75. The van der Waals surface area contributed by atoms with E-state index in [-0.39, 0.29) is 5.69 Å². The van der Waals surface area contributed by atoms with Crippen LogP contribution in [0.2, 0.25) is 0 Å². The zero-order valence-electron chi connectivity index (χ0n) is 11.5. The van der Waals surface area contributed by atoms with Gasteiger partial charge in [-0.1, -0.05) is 11.2 Å². The third-order valence-electron chi connectivity index (χ3n) is 2.95. The van der Waals surface area contributed by atoms with E-state index in [0.29, 0.717) is 18.3 Å². The molecule has 0 bridgehead atoms. The molecule has 7 heteroatoms. The number of nitrogen functional groups attached to an aromatic ring is 1. The van der Waals surface area contributed by atoms with Gasteiger partial charge in [0.05, 0.1) is 6.54 Å². The zero-order valence-corrected chi connectivity index (χ0v) is 12.3. The van der Waals surface area contributed by atoms with Crippen LogP contribution in [0.4, 0.5) is 0 Å². The van der Waals surface area contributed by atoms with E-state index in [1.54, 1.807) is 17.4 Å². The van der Waals surface area contributed by atoms with E-state index < -0.39 is 5.91 Å². The van der Waals surface area contributed by atoms with Crippen LogP contribution in [-0.2, 0) is 13.1 Å². The number of rotatable bonds is 6. The largest absolute Gasteiger partial charge is 0.359 e. The summed E-state index contributed by atoms with van der Waals surface area (Å²) in [7, 11) is 0. The molecule has 108 valence electrons. The van der Waals surface area contributed by atoms with Gasteiger partial charge in [0.15, 0.2) is 11.5 Å². The molecular formula is C13H18N4O2S. The summed E-state index contributed by atoms with van der Waals surface area (Å²) in [5, 5.41) is 5.77. The Labute approximate surface area is 121 Å². The van der Waals surface area contributed by atoms with Gasteiger partial charge in [0.2, 0.25) is 0 Å². The molecule has 0 fully saturated rings. The number of nitrogens with two attached hydrogens (primary N) is 1. The Morgan fingerprint density at radius 2 is 2.35 bits per heavy atom. The van der Waals surface area contributed by atoms with Crippen molar-refractivity contribution >= 4 is 17.2 Å². The topological polar surface area (TPSA) is 84.4 Å². The lowest BCUT2D eigenvalue weighted by Gasteiger charge is -2.24. The number of aromatic nitrogens is 1. The number of nitrogens with one attached hydrogen (secondary N) is 1. The Morgan fingerprint density at radius 1 is 1.55 bits per heavy atom. The molecule has 2 aromatic rings. The summed E-state index contributed by atoms with van der Waals surface area (Å²) in [5.41, 5.74) is 2.23. The van der Waals surface area contributed by atoms with Gasteiger partial charge in [-0.2, -0.15) is 0 Å². The number of thiophene rings is 1. The highest BCUT2D eigenvalue weighted by atomic mass is 32.1. The van der Waals surface area contributed by atoms with Gasteiger partial charge < -0.3 is 4.52 Å². The maximum atomic E-state index is 11.3. The number of hydrazine groups is 1. The Morgan fingerprint density at radius 3 is 2.95 bits per heavy atom. The average molecular weight is 294 g/mol. The molecule has 0 aliphatic heterocycles. The quantitative estimate of drug-likeness (QED) is 0.482. The molecule has 3 N–H and O–H groups in total. The van der Waals surface area contributed by atoms with Crippen molar-refractivity contribution in [1.29, 1.82) is 0 Å². The first kappa shape index (κ1) is 14.7. The van der Waals surface area contributed by atoms with Crippen molar-refractivity contribution in [3.05, 3.63) is 39.9 Å². The van der Waals surface area contributed by atoms with E-state index in [1.807, 2.05) is 11.5 Å². The van der Waals surface area contributed by atoms with E-state index >= 15 is 0 Å². The Bertz CT molecular complexity index is 550. The molecule has 0 saturated carbocycles. The molecule has 2 rings (SSSR count). The third kappa shape index (κ3) is 3.66. The first-order valence-corrected chi connectivity index (χ1v) is 7.21. The fourth-order valence-electron chi connectivity index (χ4n) is 1.79. The summed E-state index contributed by atoms with van der Waals surface area (Å²) >= 11 is 1.72. The van der Waals surface area contributed by atoms with E-state index in [1.165, 1.54) is 4.88 Å². The second-order valence-electron chi connectivity index (χ2n) is 4.73.